The van der Waals surface area contributed by atoms with Gasteiger partial charge in [0.25, 0.3) is 0 Å². The van der Waals surface area contributed by atoms with Gasteiger partial charge in [-0.3, -0.25) is 0 Å². The first-order chi connectivity index (χ1) is 9.56. The van der Waals surface area contributed by atoms with E-state index in [4.69, 9.17) is 11.6 Å². The molecular formula is C16H16ClF2N. The van der Waals surface area contributed by atoms with Crippen LogP contribution >= 0.6 is 11.6 Å². The van der Waals surface area contributed by atoms with Crippen molar-refractivity contribution in [2.24, 2.45) is 0 Å². The predicted molar refractivity (Wildman–Crippen MR) is 77.8 cm³/mol. The minimum absolute atomic E-state index is 0.135. The second-order valence-corrected chi connectivity index (χ2v) is 5.22. The molecule has 0 radical (unpaired) electrons. The molecule has 0 aliphatic carbocycles. The Morgan fingerprint density at radius 1 is 1.10 bits per heavy atom. The predicted octanol–water partition coefficient (Wildman–Crippen LogP) is 4.34. The molecule has 0 saturated heterocycles. The van der Waals surface area contributed by atoms with E-state index < -0.39 is 0 Å². The quantitative estimate of drug-likeness (QED) is 0.865. The first-order valence-electron chi connectivity index (χ1n) is 6.47. The Balaban J connectivity index is 1.92. The third kappa shape index (κ3) is 4.02. The largest absolute Gasteiger partial charge is 0.310 e. The fraction of sp³-hybridized carbons (Fsp3) is 0.250. The number of rotatable bonds is 5. The summed E-state index contributed by atoms with van der Waals surface area (Å²) in [5.74, 6) is -0.550. The van der Waals surface area contributed by atoms with Crippen molar-refractivity contribution in [3.63, 3.8) is 0 Å². The van der Waals surface area contributed by atoms with E-state index in [0.717, 1.165) is 12.0 Å². The summed E-state index contributed by atoms with van der Waals surface area (Å²) >= 11 is 5.97. The molecule has 20 heavy (non-hydrogen) atoms. The van der Waals surface area contributed by atoms with Crippen LogP contribution in [0.15, 0.2) is 42.5 Å². The van der Waals surface area contributed by atoms with Gasteiger partial charge in [-0.25, -0.2) is 8.78 Å². The molecule has 0 heterocycles. The lowest BCUT2D eigenvalue weighted by molar-refractivity contribution is 0.525. The Kier molecular flexibility index (Phi) is 5.10. The highest BCUT2D eigenvalue weighted by atomic mass is 35.5. The third-order valence-corrected chi connectivity index (χ3v) is 3.50. The van der Waals surface area contributed by atoms with E-state index in [9.17, 15) is 8.78 Å². The van der Waals surface area contributed by atoms with Crippen LogP contribution in [0.1, 0.15) is 18.1 Å². The van der Waals surface area contributed by atoms with Gasteiger partial charge in [-0.1, -0.05) is 29.8 Å². The highest BCUT2D eigenvalue weighted by Gasteiger charge is 2.09. The van der Waals surface area contributed by atoms with Gasteiger partial charge in [-0.2, -0.15) is 0 Å². The summed E-state index contributed by atoms with van der Waals surface area (Å²) < 4.78 is 26.4. The molecule has 1 unspecified atom stereocenters. The maximum atomic E-state index is 13.6. The van der Waals surface area contributed by atoms with Crippen molar-refractivity contribution in [2.75, 3.05) is 0 Å². The maximum absolute atomic E-state index is 13.6. The SMILES string of the molecule is CC(Cc1ccc(F)cc1)NCc1c(F)cccc1Cl. The molecule has 0 aliphatic rings. The smallest absolute Gasteiger partial charge is 0.129 e. The Labute approximate surface area is 122 Å². The van der Waals surface area contributed by atoms with E-state index in [2.05, 4.69) is 5.32 Å². The maximum Gasteiger partial charge on any atom is 0.129 e. The Morgan fingerprint density at radius 2 is 1.80 bits per heavy atom. The normalized spacial score (nSPS) is 12.4. The lowest BCUT2D eigenvalue weighted by Crippen LogP contribution is -2.28. The summed E-state index contributed by atoms with van der Waals surface area (Å²) in [6.07, 6.45) is 0.742. The number of benzene rings is 2. The minimum Gasteiger partial charge on any atom is -0.310 e. The first kappa shape index (κ1) is 14.9. The van der Waals surface area contributed by atoms with Gasteiger partial charge in [-0.15, -0.1) is 0 Å². The molecule has 0 amide bonds. The molecule has 0 bridgehead atoms. The molecule has 4 heteroatoms. The van der Waals surface area contributed by atoms with E-state index in [0.29, 0.717) is 17.1 Å². The zero-order valence-corrected chi connectivity index (χ0v) is 11.9. The first-order valence-corrected chi connectivity index (χ1v) is 6.85. The van der Waals surface area contributed by atoms with Crippen molar-refractivity contribution >= 4 is 11.6 Å². The molecule has 0 spiro atoms. The molecule has 2 aromatic carbocycles. The van der Waals surface area contributed by atoms with Crippen LogP contribution in [0, 0.1) is 11.6 Å². The average molecular weight is 296 g/mol. The molecule has 1 N–H and O–H groups in total. The second-order valence-electron chi connectivity index (χ2n) is 4.81. The van der Waals surface area contributed by atoms with Crippen LogP contribution < -0.4 is 5.32 Å². The van der Waals surface area contributed by atoms with Crippen molar-refractivity contribution in [3.8, 4) is 0 Å². The van der Waals surface area contributed by atoms with Gasteiger partial charge in [0, 0.05) is 23.2 Å². The average Bonchev–Trinajstić information content (AvgIpc) is 2.41. The summed E-state index contributed by atoms with van der Waals surface area (Å²) in [5, 5.41) is 3.65. The summed E-state index contributed by atoms with van der Waals surface area (Å²) in [7, 11) is 0. The molecule has 2 aromatic rings. The van der Waals surface area contributed by atoms with Crippen LogP contribution in [0.25, 0.3) is 0 Å². The Hall–Kier alpha value is -1.45. The fourth-order valence-electron chi connectivity index (χ4n) is 2.02. The highest BCUT2D eigenvalue weighted by molar-refractivity contribution is 6.31. The summed E-state index contributed by atoms with van der Waals surface area (Å²) in [4.78, 5) is 0. The third-order valence-electron chi connectivity index (χ3n) is 3.14. The molecule has 0 fully saturated rings. The molecule has 1 nitrogen and oxygen atoms in total. The molecule has 0 saturated carbocycles. The second kappa shape index (κ2) is 6.82. The van der Waals surface area contributed by atoms with Crippen LogP contribution in [-0.4, -0.2) is 6.04 Å². The topological polar surface area (TPSA) is 12.0 Å². The molecule has 2 rings (SSSR count). The van der Waals surface area contributed by atoms with Crippen molar-refractivity contribution in [1.82, 2.24) is 5.32 Å². The van der Waals surface area contributed by atoms with Crippen LogP contribution in [-0.2, 0) is 13.0 Å². The molecule has 0 aromatic heterocycles. The van der Waals surface area contributed by atoms with Crippen LogP contribution in [0.4, 0.5) is 8.78 Å². The van der Waals surface area contributed by atoms with Crippen molar-refractivity contribution in [1.29, 1.82) is 0 Å². The van der Waals surface area contributed by atoms with E-state index in [1.54, 1.807) is 24.3 Å². The summed E-state index contributed by atoms with van der Waals surface area (Å²) in [6, 6.07) is 11.2. The van der Waals surface area contributed by atoms with E-state index in [1.165, 1.54) is 18.2 Å². The minimum atomic E-state index is -0.306. The van der Waals surface area contributed by atoms with E-state index in [-0.39, 0.29) is 17.7 Å². The standard InChI is InChI=1S/C16H16ClF2N/c1-11(9-12-5-7-13(18)8-6-12)20-10-14-15(17)3-2-4-16(14)19/h2-8,11,20H,9-10H2,1H3. The zero-order chi connectivity index (χ0) is 14.5. The lowest BCUT2D eigenvalue weighted by atomic mass is 10.1. The number of halogens is 3. The number of nitrogens with one attached hydrogen (secondary N) is 1. The van der Waals surface area contributed by atoms with Gasteiger partial charge < -0.3 is 5.32 Å². The van der Waals surface area contributed by atoms with E-state index in [1.807, 2.05) is 6.92 Å². The fourth-order valence-corrected chi connectivity index (χ4v) is 2.25. The highest BCUT2D eigenvalue weighted by Crippen LogP contribution is 2.18. The monoisotopic (exact) mass is 295 g/mol. The summed E-state index contributed by atoms with van der Waals surface area (Å²) in [6.45, 7) is 2.37. The molecule has 106 valence electrons. The van der Waals surface area contributed by atoms with Gasteiger partial charge >= 0.3 is 0 Å². The Bertz CT molecular complexity index is 549. The van der Waals surface area contributed by atoms with Crippen LogP contribution in [0.5, 0.6) is 0 Å². The lowest BCUT2D eigenvalue weighted by Gasteiger charge is -2.15. The summed E-state index contributed by atoms with van der Waals surface area (Å²) in [5.41, 5.74) is 1.51. The number of hydrogen-bond acceptors (Lipinski definition) is 1. The van der Waals surface area contributed by atoms with Gasteiger partial charge in [0.05, 0.1) is 0 Å². The van der Waals surface area contributed by atoms with Crippen molar-refractivity contribution < 1.29 is 8.78 Å². The molecular weight excluding hydrogens is 280 g/mol. The molecule has 1 atom stereocenters. The van der Waals surface area contributed by atoms with Crippen molar-refractivity contribution in [3.05, 3.63) is 70.2 Å². The van der Waals surface area contributed by atoms with Gasteiger partial charge in [0.15, 0.2) is 0 Å². The zero-order valence-electron chi connectivity index (χ0n) is 11.2. The van der Waals surface area contributed by atoms with Gasteiger partial charge in [0.2, 0.25) is 0 Å². The number of hydrogen-bond donors (Lipinski definition) is 1. The van der Waals surface area contributed by atoms with Gasteiger partial charge in [0.1, 0.15) is 11.6 Å². The molecule has 0 aliphatic heterocycles. The van der Waals surface area contributed by atoms with E-state index >= 15 is 0 Å². The van der Waals surface area contributed by atoms with Crippen molar-refractivity contribution in [2.45, 2.75) is 25.9 Å². The van der Waals surface area contributed by atoms with Crippen LogP contribution in [0.3, 0.4) is 0 Å². The Morgan fingerprint density at radius 3 is 2.45 bits per heavy atom. The van der Waals surface area contributed by atoms with Gasteiger partial charge in [-0.05, 0) is 43.2 Å². The van der Waals surface area contributed by atoms with Crippen LogP contribution in [0.2, 0.25) is 5.02 Å².